The molecule has 0 atom stereocenters. The van der Waals surface area contributed by atoms with Crippen LogP contribution in [-0.2, 0) is 17.6 Å². The molecule has 0 saturated carbocycles. The van der Waals surface area contributed by atoms with E-state index < -0.39 is 0 Å². The highest BCUT2D eigenvalue weighted by Gasteiger charge is 2.22. The van der Waals surface area contributed by atoms with Gasteiger partial charge in [0, 0.05) is 43.2 Å². The summed E-state index contributed by atoms with van der Waals surface area (Å²) in [6, 6.07) is 23.7. The molecule has 0 radical (unpaired) electrons. The molecule has 0 bridgehead atoms. The van der Waals surface area contributed by atoms with Gasteiger partial charge in [-0.15, -0.1) is 0 Å². The Hall–Kier alpha value is -3.83. The molecule has 3 aliphatic heterocycles. The largest absolute Gasteiger partial charge is 0.378 e. The van der Waals surface area contributed by atoms with Gasteiger partial charge in [-0.25, -0.2) is 0 Å². The zero-order valence-electron chi connectivity index (χ0n) is 18.9. The lowest BCUT2D eigenvalue weighted by Gasteiger charge is -2.29. The van der Waals surface area contributed by atoms with Crippen LogP contribution in [0, 0.1) is 0 Å². The minimum absolute atomic E-state index is 0.798. The summed E-state index contributed by atoms with van der Waals surface area (Å²) in [7, 11) is 0. The Labute approximate surface area is 198 Å². The maximum atomic E-state index is 5.50. The molecule has 5 heteroatoms. The van der Waals surface area contributed by atoms with Crippen molar-refractivity contribution in [1.82, 2.24) is 4.98 Å². The zero-order chi connectivity index (χ0) is 22.5. The van der Waals surface area contributed by atoms with Crippen LogP contribution in [0.5, 0.6) is 0 Å². The van der Waals surface area contributed by atoms with E-state index in [4.69, 9.17) is 14.7 Å². The van der Waals surface area contributed by atoms with Gasteiger partial charge in [-0.1, -0.05) is 30.3 Å². The fourth-order valence-corrected chi connectivity index (χ4v) is 5.14. The molecule has 4 aromatic rings. The van der Waals surface area contributed by atoms with Crippen LogP contribution in [0.4, 0.5) is 17.1 Å². The molecule has 1 saturated heterocycles. The van der Waals surface area contributed by atoms with E-state index in [0.717, 1.165) is 73.0 Å². The summed E-state index contributed by atoms with van der Waals surface area (Å²) in [5, 5.41) is 2.35. The number of morpholine rings is 1. The molecule has 0 N–H and O–H groups in total. The minimum Gasteiger partial charge on any atom is -0.378 e. The number of nitrogens with zero attached hydrogens (tertiary/aromatic N) is 4. The molecule has 5 nitrogen and oxygen atoms in total. The Morgan fingerprint density at radius 2 is 1.44 bits per heavy atom. The minimum atomic E-state index is 0.798. The molecular weight excluding hydrogens is 420 g/mol. The van der Waals surface area contributed by atoms with Crippen LogP contribution in [0.3, 0.4) is 0 Å². The number of aliphatic imine (C=N–C) groups is 2. The van der Waals surface area contributed by atoms with E-state index in [1.54, 1.807) is 0 Å². The van der Waals surface area contributed by atoms with Gasteiger partial charge in [0.2, 0.25) is 0 Å². The second-order valence-corrected chi connectivity index (χ2v) is 9.14. The third-order valence-electron chi connectivity index (χ3n) is 7.01. The lowest BCUT2D eigenvalue weighted by molar-refractivity contribution is 0.122. The van der Waals surface area contributed by atoms with Gasteiger partial charge < -0.3 is 9.64 Å². The van der Waals surface area contributed by atoms with Crippen molar-refractivity contribution < 1.29 is 4.74 Å². The highest BCUT2D eigenvalue weighted by molar-refractivity contribution is 6.09. The number of hydrogen-bond donors (Lipinski definition) is 0. The number of ether oxygens (including phenoxy) is 1. The highest BCUT2D eigenvalue weighted by Crippen LogP contribution is 2.35. The SMILES string of the molecule is c1ccc2cc(C3=Nc4ccc(C5=Nc6ccc(N7CCOCC7)cc6C5)cc4C3)ncc2c1. The van der Waals surface area contributed by atoms with Crippen molar-refractivity contribution in [3.63, 3.8) is 0 Å². The topological polar surface area (TPSA) is 50.1 Å². The van der Waals surface area contributed by atoms with E-state index in [1.807, 2.05) is 12.3 Å². The van der Waals surface area contributed by atoms with Gasteiger partial charge in [0.25, 0.3) is 0 Å². The molecule has 4 heterocycles. The molecule has 1 aromatic heterocycles. The van der Waals surface area contributed by atoms with Crippen molar-refractivity contribution >= 4 is 39.3 Å². The standard InChI is InChI=1S/C29H24N4O/c1-2-4-21-18-30-28(15-19(21)3-1)29-17-22-13-20(5-7-25(22)32-29)27-16-23-14-24(6-8-26(23)31-27)33-9-11-34-12-10-33/h1-8,13-15,18H,9-12,16-17H2. The number of fused-ring (bicyclic) bond motifs is 3. The van der Waals surface area contributed by atoms with Gasteiger partial charge in [0.05, 0.1) is 41.7 Å². The Morgan fingerprint density at radius 1 is 0.706 bits per heavy atom. The van der Waals surface area contributed by atoms with Crippen LogP contribution in [0.2, 0.25) is 0 Å². The summed E-state index contributed by atoms with van der Waals surface area (Å²) in [5.41, 5.74) is 10.3. The molecule has 1 fully saturated rings. The molecule has 0 amide bonds. The first-order chi connectivity index (χ1) is 16.8. The normalized spacial score (nSPS) is 16.9. The highest BCUT2D eigenvalue weighted by atomic mass is 16.5. The van der Waals surface area contributed by atoms with Crippen LogP contribution in [0.25, 0.3) is 10.8 Å². The number of hydrogen-bond acceptors (Lipinski definition) is 5. The molecule has 166 valence electrons. The summed E-state index contributed by atoms with van der Waals surface area (Å²) in [5.74, 6) is 0. The van der Waals surface area contributed by atoms with E-state index >= 15 is 0 Å². The smallest absolute Gasteiger partial charge is 0.0854 e. The number of anilines is 1. The van der Waals surface area contributed by atoms with Crippen molar-refractivity contribution in [2.24, 2.45) is 9.98 Å². The van der Waals surface area contributed by atoms with Gasteiger partial charge in [0.1, 0.15) is 0 Å². The fourth-order valence-electron chi connectivity index (χ4n) is 5.14. The lowest BCUT2D eigenvalue weighted by Crippen LogP contribution is -2.36. The number of benzene rings is 3. The summed E-state index contributed by atoms with van der Waals surface area (Å²) < 4.78 is 5.50. The first kappa shape index (κ1) is 19.6. The first-order valence-corrected chi connectivity index (χ1v) is 11.9. The van der Waals surface area contributed by atoms with Crippen molar-refractivity contribution in [3.8, 4) is 0 Å². The third kappa shape index (κ3) is 3.40. The molecular formula is C29H24N4O. The number of pyridine rings is 1. The second-order valence-electron chi connectivity index (χ2n) is 9.14. The van der Waals surface area contributed by atoms with Gasteiger partial charge in [-0.05, 0) is 58.5 Å². The van der Waals surface area contributed by atoms with Crippen LogP contribution in [0.1, 0.15) is 22.4 Å². The van der Waals surface area contributed by atoms with E-state index in [-0.39, 0.29) is 0 Å². The number of rotatable bonds is 3. The Kier molecular flexibility index (Phi) is 4.55. The van der Waals surface area contributed by atoms with E-state index in [1.165, 1.54) is 27.8 Å². The molecule has 3 aliphatic rings. The molecule has 3 aromatic carbocycles. The maximum absolute atomic E-state index is 5.50. The van der Waals surface area contributed by atoms with Crippen molar-refractivity contribution in [1.29, 1.82) is 0 Å². The van der Waals surface area contributed by atoms with E-state index in [9.17, 15) is 0 Å². The van der Waals surface area contributed by atoms with Gasteiger partial charge in [-0.2, -0.15) is 0 Å². The van der Waals surface area contributed by atoms with Crippen molar-refractivity contribution in [3.05, 3.63) is 95.3 Å². The molecule has 0 aliphatic carbocycles. The average Bonchev–Trinajstić information content (AvgIpc) is 3.52. The zero-order valence-corrected chi connectivity index (χ0v) is 18.9. The Morgan fingerprint density at radius 3 is 2.32 bits per heavy atom. The number of aromatic nitrogens is 1. The van der Waals surface area contributed by atoms with Crippen molar-refractivity contribution in [2.45, 2.75) is 12.8 Å². The molecule has 7 rings (SSSR count). The van der Waals surface area contributed by atoms with Crippen LogP contribution in [0.15, 0.2) is 82.9 Å². The predicted octanol–water partition coefficient (Wildman–Crippen LogP) is 5.43. The average molecular weight is 445 g/mol. The maximum Gasteiger partial charge on any atom is 0.0854 e. The quantitative estimate of drug-likeness (QED) is 0.424. The Balaban J connectivity index is 1.12. The fraction of sp³-hybridized carbons (Fsp3) is 0.207. The van der Waals surface area contributed by atoms with Crippen LogP contribution >= 0.6 is 0 Å². The van der Waals surface area contributed by atoms with Crippen LogP contribution < -0.4 is 4.90 Å². The molecule has 34 heavy (non-hydrogen) atoms. The summed E-state index contributed by atoms with van der Waals surface area (Å²) in [6.07, 6.45) is 3.61. The summed E-state index contributed by atoms with van der Waals surface area (Å²) in [4.78, 5) is 16.9. The van der Waals surface area contributed by atoms with Crippen molar-refractivity contribution in [2.75, 3.05) is 31.2 Å². The Bertz CT molecular complexity index is 1500. The molecule has 0 unspecified atom stereocenters. The van der Waals surface area contributed by atoms with Gasteiger partial charge >= 0.3 is 0 Å². The third-order valence-corrected chi connectivity index (χ3v) is 7.01. The second kappa shape index (κ2) is 7.89. The summed E-state index contributed by atoms with van der Waals surface area (Å²) in [6.45, 7) is 3.50. The van der Waals surface area contributed by atoms with Gasteiger partial charge in [0.15, 0.2) is 0 Å². The van der Waals surface area contributed by atoms with E-state index in [2.05, 4.69) is 70.5 Å². The van der Waals surface area contributed by atoms with Crippen LogP contribution in [-0.4, -0.2) is 42.7 Å². The van der Waals surface area contributed by atoms with Gasteiger partial charge in [-0.3, -0.25) is 15.0 Å². The predicted molar refractivity (Wildman–Crippen MR) is 137 cm³/mol. The lowest BCUT2D eigenvalue weighted by atomic mass is 9.99. The monoisotopic (exact) mass is 444 g/mol. The summed E-state index contributed by atoms with van der Waals surface area (Å²) >= 11 is 0. The molecule has 0 spiro atoms. The first-order valence-electron chi connectivity index (χ1n) is 11.9. The van der Waals surface area contributed by atoms with E-state index in [0.29, 0.717) is 0 Å².